The normalized spacial score (nSPS) is 20.2. The number of nitrogens with one attached hydrogen (secondary N) is 1. The Balaban J connectivity index is 2.01. The minimum Gasteiger partial charge on any atom is -0.337 e. The molecular weight excluding hydrogens is 236 g/mol. The number of rotatable bonds is 4. The molecule has 0 saturated carbocycles. The summed E-state index contributed by atoms with van der Waals surface area (Å²) in [6.45, 7) is 6.35. The van der Waals surface area contributed by atoms with Gasteiger partial charge in [0.1, 0.15) is 0 Å². The number of hydrogen-bond acceptors (Lipinski definition) is 4. The lowest BCUT2D eigenvalue weighted by molar-refractivity contribution is 0.520. The molecule has 2 heterocycles. The lowest BCUT2D eigenvalue weighted by atomic mass is 10.2. The second-order valence-corrected chi connectivity index (χ2v) is 5.19. The van der Waals surface area contributed by atoms with Crippen molar-refractivity contribution in [3.8, 4) is 0 Å². The lowest BCUT2D eigenvalue weighted by Gasteiger charge is -2.25. The maximum atomic E-state index is 5.80. The molecule has 1 unspecified atom stereocenters. The molecule has 17 heavy (non-hydrogen) atoms. The number of nitrogens with zero attached hydrogens (tertiary/aromatic N) is 3. The molecule has 0 radical (unpaired) electrons. The van der Waals surface area contributed by atoms with Gasteiger partial charge in [0.05, 0.1) is 17.4 Å². The van der Waals surface area contributed by atoms with Crippen LogP contribution in [0.25, 0.3) is 0 Å². The Labute approximate surface area is 107 Å². The molecule has 1 aliphatic heterocycles. The molecule has 0 aliphatic carbocycles. The van der Waals surface area contributed by atoms with E-state index in [4.69, 9.17) is 11.6 Å². The van der Waals surface area contributed by atoms with E-state index in [1.165, 1.54) is 12.8 Å². The summed E-state index contributed by atoms with van der Waals surface area (Å²) in [5.41, 5.74) is 0. The highest BCUT2D eigenvalue weighted by atomic mass is 35.5. The molecule has 4 nitrogen and oxygen atoms in total. The van der Waals surface area contributed by atoms with Crippen LogP contribution in [0.2, 0.25) is 5.02 Å². The minimum absolute atomic E-state index is 0.499. The van der Waals surface area contributed by atoms with Crippen LogP contribution in [0.3, 0.4) is 0 Å². The Morgan fingerprint density at radius 3 is 2.82 bits per heavy atom. The van der Waals surface area contributed by atoms with Gasteiger partial charge in [-0.25, -0.2) is 9.97 Å². The van der Waals surface area contributed by atoms with Crippen LogP contribution >= 0.6 is 11.6 Å². The van der Waals surface area contributed by atoms with Crippen molar-refractivity contribution in [2.75, 3.05) is 18.0 Å². The summed E-state index contributed by atoms with van der Waals surface area (Å²) in [6.07, 6.45) is 5.73. The summed E-state index contributed by atoms with van der Waals surface area (Å²) in [7, 11) is 0. The predicted octanol–water partition coefficient (Wildman–Crippen LogP) is 2.10. The minimum atomic E-state index is 0.499. The average Bonchev–Trinajstić information content (AvgIpc) is 2.75. The zero-order valence-electron chi connectivity index (χ0n) is 10.4. The van der Waals surface area contributed by atoms with Crippen molar-refractivity contribution in [1.82, 2.24) is 15.3 Å². The summed E-state index contributed by atoms with van der Waals surface area (Å²) >= 11 is 5.80. The van der Waals surface area contributed by atoms with Crippen LogP contribution in [0.4, 0.5) is 5.95 Å². The first-order valence-corrected chi connectivity index (χ1v) is 6.52. The largest absolute Gasteiger partial charge is 0.337 e. The molecular formula is C12H19ClN4. The Morgan fingerprint density at radius 2 is 2.18 bits per heavy atom. The zero-order chi connectivity index (χ0) is 12.3. The van der Waals surface area contributed by atoms with Crippen molar-refractivity contribution in [2.24, 2.45) is 0 Å². The Kier molecular flexibility index (Phi) is 4.18. The molecule has 1 saturated heterocycles. The molecule has 0 bridgehead atoms. The van der Waals surface area contributed by atoms with E-state index in [0.29, 0.717) is 17.1 Å². The summed E-state index contributed by atoms with van der Waals surface area (Å²) in [5.74, 6) is 0.794. The van der Waals surface area contributed by atoms with Crippen molar-refractivity contribution >= 4 is 17.5 Å². The Hall–Kier alpha value is -0.870. The highest BCUT2D eigenvalue weighted by Crippen LogP contribution is 2.22. The molecule has 94 valence electrons. The van der Waals surface area contributed by atoms with E-state index < -0.39 is 0 Å². The van der Waals surface area contributed by atoms with E-state index in [1.54, 1.807) is 12.4 Å². The quantitative estimate of drug-likeness (QED) is 0.894. The van der Waals surface area contributed by atoms with Crippen molar-refractivity contribution in [2.45, 2.75) is 38.8 Å². The second kappa shape index (κ2) is 5.65. The van der Waals surface area contributed by atoms with Gasteiger partial charge in [0, 0.05) is 25.2 Å². The van der Waals surface area contributed by atoms with Gasteiger partial charge in [-0.3, -0.25) is 0 Å². The fourth-order valence-corrected chi connectivity index (χ4v) is 2.23. The standard InChI is InChI=1S/C12H19ClN4/c1-9(2)14-8-11-4-3-5-17(11)12-15-6-10(13)7-16-12/h6-7,9,11,14H,3-5,8H2,1-2H3. The van der Waals surface area contributed by atoms with E-state index in [-0.39, 0.29) is 0 Å². The zero-order valence-corrected chi connectivity index (χ0v) is 11.1. The molecule has 1 atom stereocenters. The fourth-order valence-electron chi connectivity index (χ4n) is 2.14. The molecule has 1 N–H and O–H groups in total. The van der Waals surface area contributed by atoms with Gasteiger partial charge in [-0.1, -0.05) is 25.4 Å². The van der Waals surface area contributed by atoms with E-state index in [0.717, 1.165) is 19.0 Å². The molecule has 1 aromatic rings. The van der Waals surface area contributed by atoms with Crippen LogP contribution in [0, 0.1) is 0 Å². The van der Waals surface area contributed by atoms with Crippen molar-refractivity contribution in [3.63, 3.8) is 0 Å². The second-order valence-electron chi connectivity index (χ2n) is 4.75. The van der Waals surface area contributed by atoms with Gasteiger partial charge in [-0.05, 0) is 12.8 Å². The van der Waals surface area contributed by atoms with Crippen molar-refractivity contribution in [1.29, 1.82) is 0 Å². The summed E-state index contributed by atoms with van der Waals surface area (Å²) in [5, 5.41) is 4.06. The Bertz CT molecular complexity index is 352. The average molecular weight is 255 g/mol. The number of aromatic nitrogens is 2. The third-order valence-electron chi connectivity index (χ3n) is 3.00. The highest BCUT2D eigenvalue weighted by molar-refractivity contribution is 6.30. The smallest absolute Gasteiger partial charge is 0.225 e. The van der Waals surface area contributed by atoms with Gasteiger partial charge in [0.25, 0.3) is 0 Å². The first-order valence-electron chi connectivity index (χ1n) is 6.14. The maximum Gasteiger partial charge on any atom is 0.225 e. The van der Waals surface area contributed by atoms with Gasteiger partial charge in [0.15, 0.2) is 0 Å². The summed E-state index contributed by atoms with van der Waals surface area (Å²) in [4.78, 5) is 10.9. The lowest BCUT2D eigenvalue weighted by Crippen LogP contribution is -2.41. The molecule has 1 fully saturated rings. The third-order valence-corrected chi connectivity index (χ3v) is 3.20. The first kappa shape index (κ1) is 12.6. The molecule has 0 amide bonds. The topological polar surface area (TPSA) is 41.0 Å². The van der Waals surface area contributed by atoms with E-state index >= 15 is 0 Å². The summed E-state index contributed by atoms with van der Waals surface area (Å²) < 4.78 is 0. The molecule has 2 rings (SSSR count). The predicted molar refractivity (Wildman–Crippen MR) is 70.5 cm³/mol. The van der Waals surface area contributed by atoms with Crippen LogP contribution in [0.15, 0.2) is 12.4 Å². The molecule has 0 spiro atoms. The van der Waals surface area contributed by atoms with Crippen molar-refractivity contribution < 1.29 is 0 Å². The van der Waals surface area contributed by atoms with Gasteiger partial charge in [0.2, 0.25) is 5.95 Å². The molecule has 0 aromatic carbocycles. The number of halogens is 1. The third kappa shape index (κ3) is 3.30. The van der Waals surface area contributed by atoms with Crippen molar-refractivity contribution in [3.05, 3.63) is 17.4 Å². The van der Waals surface area contributed by atoms with Crippen LogP contribution in [-0.4, -0.2) is 35.1 Å². The van der Waals surface area contributed by atoms with Gasteiger partial charge >= 0.3 is 0 Å². The SMILES string of the molecule is CC(C)NCC1CCCN1c1ncc(Cl)cn1. The maximum absolute atomic E-state index is 5.80. The molecule has 1 aromatic heterocycles. The van der Waals surface area contributed by atoms with Gasteiger partial charge in [-0.2, -0.15) is 0 Å². The van der Waals surface area contributed by atoms with Gasteiger partial charge < -0.3 is 10.2 Å². The highest BCUT2D eigenvalue weighted by Gasteiger charge is 2.26. The van der Waals surface area contributed by atoms with Crippen LogP contribution in [0.1, 0.15) is 26.7 Å². The van der Waals surface area contributed by atoms with E-state index in [2.05, 4.69) is 34.0 Å². The number of hydrogen-bond donors (Lipinski definition) is 1. The monoisotopic (exact) mass is 254 g/mol. The van der Waals surface area contributed by atoms with Crippen LogP contribution in [0.5, 0.6) is 0 Å². The van der Waals surface area contributed by atoms with E-state index in [9.17, 15) is 0 Å². The Morgan fingerprint density at radius 1 is 1.47 bits per heavy atom. The molecule has 5 heteroatoms. The molecule has 1 aliphatic rings. The van der Waals surface area contributed by atoms with Crippen LogP contribution in [-0.2, 0) is 0 Å². The number of anilines is 1. The van der Waals surface area contributed by atoms with Crippen LogP contribution < -0.4 is 10.2 Å². The van der Waals surface area contributed by atoms with E-state index in [1.807, 2.05) is 0 Å². The fraction of sp³-hybridized carbons (Fsp3) is 0.667. The first-order chi connectivity index (χ1) is 8.16. The summed E-state index contributed by atoms with van der Waals surface area (Å²) in [6, 6.07) is 1.02. The van der Waals surface area contributed by atoms with Gasteiger partial charge in [-0.15, -0.1) is 0 Å².